The Kier molecular flexibility index (Phi) is 8.80. The summed E-state index contributed by atoms with van der Waals surface area (Å²) in [6.45, 7) is 0.130. The summed E-state index contributed by atoms with van der Waals surface area (Å²) in [4.78, 5) is 27.3. The van der Waals surface area contributed by atoms with Crippen molar-refractivity contribution in [3.05, 3.63) is 163 Å². The average molecular weight is 545 g/mol. The lowest BCUT2D eigenvalue weighted by Crippen LogP contribution is -2.48. The van der Waals surface area contributed by atoms with Crippen LogP contribution in [0.25, 0.3) is 0 Å². The van der Waals surface area contributed by atoms with Crippen LogP contribution in [0.15, 0.2) is 152 Å². The van der Waals surface area contributed by atoms with Crippen LogP contribution in [0, 0.1) is 0 Å². The van der Waals surface area contributed by atoms with Crippen LogP contribution in [0.1, 0.15) is 15.9 Å². The van der Waals surface area contributed by atoms with E-state index in [1.54, 1.807) is 12.1 Å². The molecule has 1 N–H and O–H groups in total. The molecule has 0 aliphatic heterocycles. The Bertz CT molecular complexity index is 1420. The van der Waals surface area contributed by atoms with Crippen molar-refractivity contribution in [2.24, 2.45) is 0 Å². The smallest absolute Gasteiger partial charge is 0.332 e. The summed E-state index contributed by atoms with van der Waals surface area (Å²) in [5.41, 5.74) is 1.38. The second kappa shape index (κ2) is 13.0. The maximum absolute atomic E-state index is 13.8. The molecule has 40 heavy (non-hydrogen) atoms. The van der Waals surface area contributed by atoms with Crippen LogP contribution in [-0.2, 0) is 16.1 Å². The first-order valence-electron chi connectivity index (χ1n) is 13.3. The fraction of sp³-hybridized carbons (Fsp3) is 0.0857. The molecule has 0 aromatic heterocycles. The molecule has 198 valence electrons. The van der Waals surface area contributed by atoms with Gasteiger partial charge in [-0.25, -0.2) is 4.79 Å². The minimum Gasteiger partial charge on any atom is -0.459 e. The third-order valence-electron chi connectivity index (χ3n) is 6.90. The highest BCUT2D eigenvalue weighted by Gasteiger charge is 2.49. The number of amides is 1. The van der Waals surface area contributed by atoms with E-state index in [-0.39, 0.29) is 12.5 Å². The van der Waals surface area contributed by atoms with E-state index in [1.807, 2.05) is 103 Å². The minimum absolute atomic E-state index is 0.130. The quantitative estimate of drug-likeness (QED) is 0.186. The van der Waals surface area contributed by atoms with Crippen molar-refractivity contribution in [1.29, 1.82) is 0 Å². The summed E-state index contributed by atoms with van der Waals surface area (Å²) in [6, 6.07) is 48.6. The molecule has 0 fully saturated rings. The Morgan fingerprint density at radius 2 is 0.975 bits per heavy atom. The van der Waals surface area contributed by atoms with Gasteiger partial charge < -0.3 is 10.1 Å². The van der Waals surface area contributed by atoms with Gasteiger partial charge in [0, 0.05) is 5.56 Å². The summed E-state index contributed by atoms with van der Waals surface area (Å²) < 4.78 is 5.84. The molecule has 0 spiro atoms. The van der Waals surface area contributed by atoms with E-state index < -0.39 is 19.3 Å². The molecule has 0 aliphatic carbocycles. The highest BCUT2D eigenvalue weighted by Crippen LogP contribution is 2.55. The Labute approximate surface area is 236 Å². The van der Waals surface area contributed by atoms with E-state index in [1.165, 1.54) is 0 Å². The van der Waals surface area contributed by atoms with Crippen LogP contribution < -0.4 is 21.2 Å². The number of hydrogen-bond acceptors (Lipinski definition) is 3. The molecule has 0 aliphatic rings. The molecule has 0 saturated heterocycles. The van der Waals surface area contributed by atoms with Gasteiger partial charge in [0.25, 0.3) is 5.91 Å². The normalized spacial score (nSPS) is 11.8. The fourth-order valence-electron chi connectivity index (χ4n) is 4.92. The Morgan fingerprint density at radius 1 is 0.575 bits per heavy atom. The maximum atomic E-state index is 13.8. The number of ether oxygens (including phenoxy) is 1. The zero-order valence-electron chi connectivity index (χ0n) is 22.1. The summed E-state index contributed by atoms with van der Waals surface area (Å²) >= 11 is 0. The molecule has 1 amide bonds. The largest absolute Gasteiger partial charge is 0.459 e. The van der Waals surface area contributed by atoms with E-state index in [0.717, 1.165) is 21.5 Å². The number of carbonyl (C=O) groups is 2. The van der Waals surface area contributed by atoms with Gasteiger partial charge in [-0.05, 0) is 54.1 Å². The monoisotopic (exact) mass is 544 g/mol. The highest BCUT2D eigenvalue weighted by atomic mass is 31.2. The summed E-state index contributed by atoms with van der Waals surface area (Å²) in [5, 5.41) is 6.43. The van der Waals surface area contributed by atoms with E-state index in [0.29, 0.717) is 11.7 Å². The van der Waals surface area contributed by atoms with Crippen LogP contribution in [-0.4, -0.2) is 24.1 Å². The summed E-state index contributed by atoms with van der Waals surface area (Å²) in [6.07, 6.45) is 0.372. The molecule has 0 radical (unpaired) electrons. The van der Waals surface area contributed by atoms with Gasteiger partial charge in [0.15, 0.2) is 6.04 Å². The highest BCUT2D eigenvalue weighted by molar-refractivity contribution is 7.95. The molecule has 0 unspecified atom stereocenters. The first-order chi connectivity index (χ1) is 19.7. The van der Waals surface area contributed by atoms with E-state index in [9.17, 15) is 9.59 Å². The average Bonchev–Trinajstić information content (AvgIpc) is 3.04. The van der Waals surface area contributed by atoms with Crippen molar-refractivity contribution in [3.63, 3.8) is 0 Å². The summed E-state index contributed by atoms with van der Waals surface area (Å²) in [7, 11) is -2.42. The van der Waals surface area contributed by atoms with Gasteiger partial charge in [-0.15, -0.1) is 0 Å². The molecule has 0 heterocycles. The van der Waals surface area contributed by atoms with Crippen LogP contribution in [0.3, 0.4) is 0 Å². The van der Waals surface area contributed by atoms with Gasteiger partial charge in [-0.3, -0.25) is 4.79 Å². The molecule has 4 nitrogen and oxygen atoms in total. The molecule has 5 aromatic carbocycles. The zero-order chi connectivity index (χ0) is 27.6. The second-order valence-corrected chi connectivity index (χ2v) is 13.0. The fourth-order valence-corrected chi connectivity index (χ4v) is 9.28. The van der Waals surface area contributed by atoms with Crippen molar-refractivity contribution < 1.29 is 14.3 Å². The number of esters is 1. The number of nitrogens with one attached hydrogen (secondary N) is 1. The minimum atomic E-state index is -2.42. The maximum Gasteiger partial charge on any atom is 0.332 e. The lowest BCUT2D eigenvalue weighted by Gasteiger charge is -2.30. The van der Waals surface area contributed by atoms with Gasteiger partial charge in [-0.1, -0.05) is 103 Å². The molecule has 5 aromatic rings. The lowest BCUT2D eigenvalue weighted by molar-refractivity contribution is -0.146. The van der Waals surface area contributed by atoms with Crippen LogP contribution in [0.4, 0.5) is 0 Å². The number of hydrogen-bond donors (Lipinski definition) is 1. The van der Waals surface area contributed by atoms with Crippen molar-refractivity contribution in [2.75, 3.05) is 6.16 Å². The predicted octanol–water partition coefficient (Wildman–Crippen LogP) is 5.52. The Morgan fingerprint density at radius 3 is 1.43 bits per heavy atom. The van der Waals surface area contributed by atoms with Crippen molar-refractivity contribution >= 4 is 35.1 Å². The van der Waals surface area contributed by atoms with Crippen LogP contribution in [0.2, 0.25) is 0 Å². The third-order valence-corrected chi connectivity index (χ3v) is 11.3. The van der Waals surface area contributed by atoms with Crippen molar-refractivity contribution in [2.45, 2.75) is 12.6 Å². The second-order valence-electron chi connectivity index (χ2n) is 9.48. The molecule has 5 heteroatoms. The number of rotatable bonds is 10. The van der Waals surface area contributed by atoms with Gasteiger partial charge in [-0.2, -0.15) is 0 Å². The SMILES string of the molecule is O=C(N[C@@H](C[P+](c1ccccc1)(c1ccccc1)c1ccccc1)C(=O)OCc1ccccc1)c1ccccc1. The van der Waals surface area contributed by atoms with E-state index >= 15 is 0 Å². The lowest BCUT2D eigenvalue weighted by atomic mass is 10.2. The van der Waals surface area contributed by atoms with Crippen molar-refractivity contribution in [1.82, 2.24) is 5.32 Å². The molecule has 0 bridgehead atoms. The molecule has 5 rings (SSSR count). The number of benzene rings is 5. The molecular formula is C35H31NO3P+. The number of carbonyl (C=O) groups excluding carboxylic acids is 2. The first-order valence-corrected chi connectivity index (χ1v) is 15.3. The first kappa shape index (κ1) is 27.1. The van der Waals surface area contributed by atoms with Gasteiger partial charge in [0.2, 0.25) is 0 Å². The van der Waals surface area contributed by atoms with Crippen LogP contribution in [0.5, 0.6) is 0 Å². The Balaban J connectivity index is 1.59. The van der Waals surface area contributed by atoms with Gasteiger partial charge in [0.05, 0.1) is 0 Å². The molecule has 0 saturated carbocycles. The zero-order valence-corrected chi connectivity index (χ0v) is 23.0. The van der Waals surface area contributed by atoms with Gasteiger partial charge >= 0.3 is 5.97 Å². The van der Waals surface area contributed by atoms with E-state index in [2.05, 4.69) is 41.7 Å². The standard InChI is InChI=1S/C35H30NO3P/c37-34(29-18-8-2-9-19-29)36-33(35(38)39-26-28-16-6-1-7-17-28)27-40(30-20-10-3-11-21-30,31-22-12-4-13-23-31)32-24-14-5-15-25-32/h1-25,33H,26-27H2/p+1/t33-/m0/s1. The Hall–Kier alpha value is -4.53. The van der Waals surface area contributed by atoms with Gasteiger partial charge in [0.1, 0.15) is 35.9 Å². The predicted molar refractivity (Wildman–Crippen MR) is 164 cm³/mol. The van der Waals surface area contributed by atoms with Crippen LogP contribution >= 0.6 is 7.26 Å². The van der Waals surface area contributed by atoms with Crippen molar-refractivity contribution in [3.8, 4) is 0 Å². The topological polar surface area (TPSA) is 55.4 Å². The molecular weight excluding hydrogens is 513 g/mol. The third kappa shape index (κ3) is 6.20. The van der Waals surface area contributed by atoms with E-state index in [4.69, 9.17) is 4.74 Å². The molecule has 1 atom stereocenters. The summed E-state index contributed by atoms with van der Waals surface area (Å²) in [5.74, 6) is -0.769.